The van der Waals surface area contributed by atoms with Crippen LogP contribution in [0.5, 0.6) is 0 Å². The molecule has 2 aromatic rings. The van der Waals surface area contributed by atoms with Gasteiger partial charge in [-0.1, -0.05) is 18.2 Å². The molecule has 1 saturated heterocycles. The number of guanidine groups is 1. The number of nitrogens with one attached hydrogen (secondary N) is 2. The van der Waals surface area contributed by atoms with Gasteiger partial charge in [0.25, 0.3) is 0 Å². The van der Waals surface area contributed by atoms with Gasteiger partial charge in [-0.15, -0.1) is 24.0 Å². The summed E-state index contributed by atoms with van der Waals surface area (Å²) in [6, 6.07) is 10.5. The highest BCUT2D eigenvalue weighted by Gasteiger charge is 2.22. The molecule has 0 aliphatic carbocycles. The number of para-hydroxylation sites is 1. The van der Waals surface area contributed by atoms with Gasteiger partial charge in [-0.3, -0.25) is 14.7 Å². The van der Waals surface area contributed by atoms with Gasteiger partial charge in [-0.2, -0.15) is 0 Å². The Bertz CT molecular complexity index is 795. The van der Waals surface area contributed by atoms with E-state index < -0.39 is 0 Å². The first-order chi connectivity index (χ1) is 14.0. The number of nitrogens with zero attached hydrogens (tertiary/aromatic N) is 3. The third kappa shape index (κ3) is 7.16. The molecular formula is C22H34IN5O2. The monoisotopic (exact) mass is 527 g/mol. The number of fused-ring (bicyclic) bond motifs is 1. The Labute approximate surface area is 196 Å². The van der Waals surface area contributed by atoms with E-state index in [1.165, 1.54) is 0 Å². The quantitative estimate of drug-likeness (QED) is 0.329. The number of carbonyl (C=O) groups excluding carboxylic acids is 1. The molecule has 0 spiro atoms. The van der Waals surface area contributed by atoms with Gasteiger partial charge in [0, 0.05) is 58.1 Å². The van der Waals surface area contributed by atoms with Crippen molar-refractivity contribution in [3.63, 3.8) is 0 Å². The minimum Gasteiger partial charge on any atom is -0.461 e. The van der Waals surface area contributed by atoms with Gasteiger partial charge in [-0.25, -0.2) is 0 Å². The standard InChI is InChI=1S/C22H33N5O2.HI/c1-4-23-22(24-12-9-19-15-17-7-5-6-8-20(17)29-19)25-18-10-13-27(14-11-18)16-21(28)26(2)3;/h5-8,15,18H,4,9-14,16H2,1-3H3,(H2,23,24,25);1H. The predicted molar refractivity (Wildman–Crippen MR) is 133 cm³/mol. The highest BCUT2D eigenvalue weighted by atomic mass is 127. The van der Waals surface area contributed by atoms with Crippen LogP contribution in [0.3, 0.4) is 0 Å². The van der Waals surface area contributed by atoms with Crippen LogP contribution in [0.4, 0.5) is 0 Å². The SMILES string of the molecule is CCNC(=NCCc1cc2ccccc2o1)NC1CCN(CC(=O)N(C)C)CC1.I. The van der Waals surface area contributed by atoms with Gasteiger partial charge < -0.3 is 20.0 Å². The van der Waals surface area contributed by atoms with E-state index in [-0.39, 0.29) is 29.9 Å². The molecule has 1 fully saturated rings. The normalized spacial score (nSPS) is 15.6. The Kier molecular flexibility index (Phi) is 9.90. The Morgan fingerprint density at radius 2 is 2.00 bits per heavy atom. The molecule has 1 aliphatic rings. The Morgan fingerprint density at radius 3 is 2.67 bits per heavy atom. The number of carbonyl (C=O) groups is 1. The van der Waals surface area contributed by atoms with Crippen LogP contribution in [-0.2, 0) is 11.2 Å². The zero-order valence-corrected chi connectivity index (χ0v) is 20.5. The van der Waals surface area contributed by atoms with E-state index >= 15 is 0 Å². The van der Waals surface area contributed by atoms with Gasteiger partial charge in [-0.05, 0) is 31.9 Å². The second-order valence-electron chi connectivity index (χ2n) is 7.74. The zero-order valence-electron chi connectivity index (χ0n) is 18.2. The van der Waals surface area contributed by atoms with E-state index in [4.69, 9.17) is 9.41 Å². The van der Waals surface area contributed by atoms with Crippen LogP contribution in [0.25, 0.3) is 11.0 Å². The van der Waals surface area contributed by atoms with E-state index in [9.17, 15) is 4.79 Å². The molecule has 0 unspecified atom stereocenters. The molecule has 1 aromatic carbocycles. The first kappa shape index (κ1) is 24.5. The molecule has 2 heterocycles. The average molecular weight is 527 g/mol. The molecule has 1 amide bonds. The summed E-state index contributed by atoms with van der Waals surface area (Å²) in [4.78, 5) is 20.5. The molecule has 0 bridgehead atoms. The van der Waals surface area contributed by atoms with Crippen molar-refractivity contribution in [2.45, 2.75) is 32.2 Å². The maximum absolute atomic E-state index is 11.9. The van der Waals surface area contributed by atoms with Crippen molar-refractivity contribution < 1.29 is 9.21 Å². The molecule has 166 valence electrons. The first-order valence-electron chi connectivity index (χ1n) is 10.5. The summed E-state index contributed by atoms with van der Waals surface area (Å²) in [5.74, 6) is 1.98. The Hall–Kier alpha value is -1.81. The Morgan fingerprint density at radius 1 is 1.27 bits per heavy atom. The summed E-state index contributed by atoms with van der Waals surface area (Å²) in [7, 11) is 3.61. The van der Waals surface area contributed by atoms with Crippen LogP contribution in [0.2, 0.25) is 0 Å². The van der Waals surface area contributed by atoms with Crippen LogP contribution >= 0.6 is 24.0 Å². The number of amides is 1. The molecule has 0 atom stereocenters. The van der Waals surface area contributed by atoms with Crippen LogP contribution < -0.4 is 10.6 Å². The molecule has 8 heteroatoms. The number of halogens is 1. The van der Waals surface area contributed by atoms with E-state index in [0.717, 1.165) is 61.6 Å². The third-order valence-corrected chi connectivity index (χ3v) is 5.23. The number of benzene rings is 1. The van der Waals surface area contributed by atoms with Crippen molar-refractivity contribution in [1.82, 2.24) is 20.4 Å². The zero-order chi connectivity index (χ0) is 20.6. The van der Waals surface area contributed by atoms with Crippen LogP contribution in [0.15, 0.2) is 39.7 Å². The van der Waals surface area contributed by atoms with Crippen molar-refractivity contribution in [1.29, 1.82) is 0 Å². The summed E-state index contributed by atoms with van der Waals surface area (Å²) in [6.45, 7) is 5.93. The third-order valence-electron chi connectivity index (χ3n) is 5.23. The highest BCUT2D eigenvalue weighted by molar-refractivity contribution is 14.0. The smallest absolute Gasteiger partial charge is 0.236 e. The maximum Gasteiger partial charge on any atom is 0.236 e. The Balaban J connectivity index is 0.00000320. The maximum atomic E-state index is 11.9. The molecule has 1 aromatic heterocycles. The van der Waals surface area contributed by atoms with Gasteiger partial charge >= 0.3 is 0 Å². The minimum absolute atomic E-state index is 0. The van der Waals surface area contributed by atoms with Gasteiger partial charge in [0.05, 0.1) is 6.54 Å². The summed E-state index contributed by atoms with van der Waals surface area (Å²) >= 11 is 0. The average Bonchev–Trinajstić information content (AvgIpc) is 3.12. The van der Waals surface area contributed by atoms with E-state index in [2.05, 4.69) is 34.6 Å². The fraction of sp³-hybridized carbons (Fsp3) is 0.545. The van der Waals surface area contributed by atoms with E-state index in [0.29, 0.717) is 19.1 Å². The van der Waals surface area contributed by atoms with Crippen molar-refractivity contribution >= 4 is 46.8 Å². The lowest BCUT2D eigenvalue weighted by molar-refractivity contribution is -0.130. The van der Waals surface area contributed by atoms with Crippen molar-refractivity contribution in [2.75, 3.05) is 46.8 Å². The second kappa shape index (κ2) is 12.1. The highest BCUT2D eigenvalue weighted by Crippen LogP contribution is 2.19. The number of likely N-dealkylation sites (N-methyl/N-ethyl adjacent to an activating group) is 1. The first-order valence-corrected chi connectivity index (χ1v) is 10.5. The molecule has 0 saturated carbocycles. The fourth-order valence-electron chi connectivity index (χ4n) is 3.52. The van der Waals surface area contributed by atoms with Crippen molar-refractivity contribution in [3.05, 3.63) is 36.1 Å². The van der Waals surface area contributed by atoms with E-state index in [1.807, 2.05) is 18.2 Å². The lowest BCUT2D eigenvalue weighted by atomic mass is 10.1. The number of likely N-dealkylation sites (tertiary alicyclic amines) is 1. The fourth-order valence-corrected chi connectivity index (χ4v) is 3.52. The molecule has 0 radical (unpaired) electrons. The molecule has 30 heavy (non-hydrogen) atoms. The summed E-state index contributed by atoms with van der Waals surface area (Å²) in [5.41, 5.74) is 0.927. The van der Waals surface area contributed by atoms with Crippen molar-refractivity contribution in [2.24, 2.45) is 4.99 Å². The topological polar surface area (TPSA) is 73.1 Å². The van der Waals surface area contributed by atoms with Gasteiger partial charge in [0.1, 0.15) is 11.3 Å². The van der Waals surface area contributed by atoms with Crippen LogP contribution in [-0.4, -0.2) is 74.5 Å². The molecule has 1 aliphatic heterocycles. The summed E-state index contributed by atoms with van der Waals surface area (Å²) in [5, 5.41) is 8.02. The van der Waals surface area contributed by atoms with Crippen LogP contribution in [0.1, 0.15) is 25.5 Å². The molecular weight excluding hydrogens is 493 g/mol. The number of hydrogen-bond donors (Lipinski definition) is 2. The van der Waals surface area contributed by atoms with Gasteiger partial charge in [0.2, 0.25) is 5.91 Å². The lowest BCUT2D eigenvalue weighted by Gasteiger charge is -2.33. The summed E-state index contributed by atoms with van der Waals surface area (Å²) in [6.07, 6.45) is 2.79. The minimum atomic E-state index is 0. The number of piperidine rings is 1. The second-order valence-corrected chi connectivity index (χ2v) is 7.74. The molecule has 2 N–H and O–H groups in total. The lowest BCUT2D eigenvalue weighted by Crippen LogP contribution is -2.50. The number of aliphatic imine (C=N–C) groups is 1. The molecule has 3 rings (SSSR count). The predicted octanol–water partition coefficient (Wildman–Crippen LogP) is 2.70. The number of furan rings is 1. The number of hydrogen-bond acceptors (Lipinski definition) is 4. The number of rotatable bonds is 7. The molecule has 7 nitrogen and oxygen atoms in total. The van der Waals surface area contributed by atoms with Crippen molar-refractivity contribution in [3.8, 4) is 0 Å². The summed E-state index contributed by atoms with van der Waals surface area (Å²) < 4.78 is 5.87. The largest absolute Gasteiger partial charge is 0.461 e. The van der Waals surface area contributed by atoms with E-state index in [1.54, 1.807) is 19.0 Å². The van der Waals surface area contributed by atoms with Crippen LogP contribution in [0, 0.1) is 0 Å². The van der Waals surface area contributed by atoms with Gasteiger partial charge in [0.15, 0.2) is 5.96 Å².